The van der Waals surface area contributed by atoms with Crippen molar-refractivity contribution in [3.05, 3.63) is 24.2 Å². The Morgan fingerprint density at radius 3 is 2.77 bits per heavy atom. The van der Waals surface area contributed by atoms with Crippen molar-refractivity contribution >= 4 is 11.8 Å². The first-order chi connectivity index (χ1) is 12.7. The molecule has 26 heavy (non-hydrogen) atoms. The molecule has 3 fully saturated rings. The van der Waals surface area contributed by atoms with Gasteiger partial charge in [0.2, 0.25) is 5.91 Å². The van der Waals surface area contributed by atoms with Gasteiger partial charge in [0.1, 0.15) is 0 Å². The fourth-order valence-corrected chi connectivity index (χ4v) is 5.16. The summed E-state index contributed by atoms with van der Waals surface area (Å²) < 4.78 is 5.25. The van der Waals surface area contributed by atoms with Crippen molar-refractivity contribution < 1.29 is 14.0 Å². The van der Waals surface area contributed by atoms with Gasteiger partial charge in [-0.25, -0.2) is 0 Å². The van der Waals surface area contributed by atoms with Crippen LogP contribution in [-0.4, -0.2) is 47.8 Å². The Balaban J connectivity index is 1.37. The highest BCUT2D eigenvalue weighted by Crippen LogP contribution is 2.41. The van der Waals surface area contributed by atoms with Crippen molar-refractivity contribution in [2.24, 2.45) is 11.3 Å². The lowest BCUT2D eigenvalue weighted by Crippen LogP contribution is -2.50. The standard InChI is InChI=1S/C21H30N2O3/c24-19(18-8-4-15-26-18)23-14-11-21(16-23)10-5-12-22(20(21)25)13-9-17-6-2-1-3-7-17/h4,8,15,17H,1-3,5-7,9-14,16H2. The van der Waals surface area contributed by atoms with Gasteiger partial charge in [0.05, 0.1) is 11.7 Å². The lowest BCUT2D eigenvalue weighted by atomic mass is 9.78. The third-order valence-electron chi connectivity index (χ3n) is 6.73. The van der Waals surface area contributed by atoms with Crippen LogP contribution < -0.4 is 0 Å². The van der Waals surface area contributed by atoms with E-state index in [-0.39, 0.29) is 17.2 Å². The minimum atomic E-state index is -0.354. The summed E-state index contributed by atoms with van der Waals surface area (Å²) >= 11 is 0. The van der Waals surface area contributed by atoms with Gasteiger partial charge in [-0.05, 0) is 43.7 Å². The monoisotopic (exact) mass is 358 g/mol. The van der Waals surface area contributed by atoms with Crippen LogP contribution in [0.1, 0.15) is 68.3 Å². The van der Waals surface area contributed by atoms with Gasteiger partial charge < -0.3 is 14.2 Å². The number of rotatable bonds is 4. The van der Waals surface area contributed by atoms with Crippen LogP contribution in [0.25, 0.3) is 0 Å². The summed E-state index contributed by atoms with van der Waals surface area (Å²) in [6, 6.07) is 3.43. The predicted octanol–water partition coefficient (Wildman–Crippen LogP) is 3.70. The summed E-state index contributed by atoms with van der Waals surface area (Å²) in [6.45, 7) is 2.99. The number of carbonyl (C=O) groups excluding carboxylic acids is 2. The van der Waals surface area contributed by atoms with Crippen LogP contribution in [0.3, 0.4) is 0 Å². The van der Waals surface area contributed by atoms with E-state index in [1.165, 1.54) is 38.4 Å². The fourth-order valence-electron chi connectivity index (χ4n) is 5.16. The number of nitrogens with zero attached hydrogens (tertiary/aromatic N) is 2. The van der Waals surface area contributed by atoms with Gasteiger partial charge in [-0.2, -0.15) is 0 Å². The molecule has 2 saturated heterocycles. The van der Waals surface area contributed by atoms with Gasteiger partial charge in [0.25, 0.3) is 5.91 Å². The smallest absolute Gasteiger partial charge is 0.289 e. The van der Waals surface area contributed by atoms with Crippen LogP contribution in [0.5, 0.6) is 0 Å². The van der Waals surface area contributed by atoms with Crippen LogP contribution in [0, 0.1) is 11.3 Å². The van der Waals surface area contributed by atoms with Gasteiger partial charge in [-0.15, -0.1) is 0 Å². The summed E-state index contributed by atoms with van der Waals surface area (Å²) in [5.41, 5.74) is -0.354. The van der Waals surface area contributed by atoms with E-state index in [1.807, 2.05) is 0 Å². The molecule has 3 heterocycles. The van der Waals surface area contributed by atoms with Gasteiger partial charge >= 0.3 is 0 Å². The number of furan rings is 1. The summed E-state index contributed by atoms with van der Waals surface area (Å²) in [7, 11) is 0. The zero-order valence-corrected chi connectivity index (χ0v) is 15.6. The average Bonchev–Trinajstić information content (AvgIpc) is 3.34. The number of amides is 2. The highest BCUT2D eigenvalue weighted by molar-refractivity contribution is 5.93. The molecule has 0 N–H and O–H groups in total. The molecular weight excluding hydrogens is 328 g/mol. The molecule has 2 amide bonds. The van der Waals surface area contributed by atoms with E-state index in [1.54, 1.807) is 17.0 Å². The zero-order valence-electron chi connectivity index (χ0n) is 15.6. The maximum Gasteiger partial charge on any atom is 0.289 e. The first kappa shape index (κ1) is 17.6. The highest BCUT2D eigenvalue weighted by atomic mass is 16.3. The lowest BCUT2D eigenvalue weighted by molar-refractivity contribution is -0.145. The van der Waals surface area contributed by atoms with Gasteiger partial charge in [0, 0.05) is 26.2 Å². The maximum absolute atomic E-state index is 13.2. The molecule has 0 aromatic carbocycles. The third kappa shape index (κ3) is 3.40. The Labute approximate surface area is 155 Å². The van der Waals surface area contributed by atoms with Crippen molar-refractivity contribution in [2.75, 3.05) is 26.2 Å². The summed E-state index contributed by atoms with van der Waals surface area (Å²) in [4.78, 5) is 29.7. The lowest BCUT2D eigenvalue weighted by Gasteiger charge is -2.40. The Bertz CT molecular complexity index is 636. The van der Waals surface area contributed by atoms with E-state index in [0.717, 1.165) is 44.7 Å². The van der Waals surface area contributed by atoms with Crippen LogP contribution in [0.4, 0.5) is 0 Å². The third-order valence-corrected chi connectivity index (χ3v) is 6.73. The molecule has 1 aromatic heterocycles. The second-order valence-electron chi connectivity index (χ2n) is 8.42. The molecule has 3 aliphatic rings. The van der Waals surface area contributed by atoms with Crippen molar-refractivity contribution in [2.45, 2.75) is 57.8 Å². The number of hydrogen-bond acceptors (Lipinski definition) is 3. The Morgan fingerprint density at radius 1 is 1.15 bits per heavy atom. The molecule has 1 aliphatic carbocycles. The Hall–Kier alpha value is -1.78. The molecule has 5 heteroatoms. The van der Waals surface area contributed by atoms with Crippen molar-refractivity contribution in [1.82, 2.24) is 9.80 Å². The molecule has 0 bridgehead atoms. The quantitative estimate of drug-likeness (QED) is 0.824. The van der Waals surface area contributed by atoms with Crippen LogP contribution in [0.2, 0.25) is 0 Å². The zero-order chi connectivity index (χ0) is 18.0. The van der Waals surface area contributed by atoms with E-state index in [9.17, 15) is 9.59 Å². The minimum absolute atomic E-state index is 0.0843. The Kier molecular flexibility index (Phi) is 5.05. The number of likely N-dealkylation sites (tertiary alicyclic amines) is 2. The van der Waals surface area contributed by atoms with Gasteiger partial charge in [0.15, 0.2) is 5.76 Å². The van der Waals surface area contributed by atoms with E-state index in [2.05, 4.69) is 4.90 Å². The predicted molar refractivity (Wildman–Crippen MR) is 98.7 cm³/mol. The summed E-state index contributed by atoms with van der Waals surface area (Å²) in [6.07, 6.45) is 12.2. The second kappa shape index (κ2) is 7.45. The van der Waals surface area contributed by atoms with Crippen molar-refractivity contribution in [3.8, 4) is 0 Å². The molecule has 1 spiro atoms. The topological polar surface area (TPSA) is 53.8 Å². The molecule has 142 valence electrons. The number of carbonyl (C=O) groups is 2. The minimum Gasteiger partial charge on any atom is -0.459 e. The summed E-state index contributed by atoms with van der Waals surface area (Å²) in [5.74, 6) is 1.38. The van der Waals surface area contributed by atoms with E-state index >= 15 is 0 Å². The first-order valence-corrected chi connectivity index (χ1v) is 10.3. The van der Waals surface area contributed by atoms with Crippen molar-refractivity contribution in [3.63, 3.8) is 0 Å². The van der Waals surface area contributed by atoms with Crippen molar-refractivity contribution in [1.29, 1.82) is 0 Å². The Morgan fingerprint density at radius 2 is 2.00 bits per heavy atom. The van der Waals surface area contributed by atoms with Gasteiger partial charge in [-0.3, -0.25) is 9.59 Å². The molecule has 4 rings (SSSR count). The van der Waals surface area contributed by atoms with E-state index < -0.39 is 0 Å². The highest BCUT2D eigenvalue weighted by Gasteiger charge is 2.49. The second-order valence-corrected chi connectivity index (χ2v) is 8.42. The maximum atomic E-state index is 13.2. The average molecular weight is 358 g/mol. The molecular formula is C21H30N2O3. The molecule has 1 saturated carbocycles. The molecule has 0 radical (unpaired) electrons. The summed E-state index contributed by atoms with van der Waals surface area (Å²) in [5, 5.41) is 0. The van der Waals surface area contributed by atoms with Crippen LogP contribution in [0.15, 0.2) is 22.8 Å². The molecule has 1 atom stereocenters. The number of piperidine rings is 1. The van der Waals surface area contributed by atoms with E-state index in [4.69, 9.17) is 4.42 Å². The van der Waals surface area contributed by atoms with Crippen LogP contribution >= 0.6 is 0 Å². The molecule has 2 aliphatic heterocycles. The largest absolute Gasteiger partial charge is 0.459 e. The van der Waals surface area contributed by atoms with Gasteiger partial charge in [-0.1, -0.05) is 32.1 Å². The normalized spacial score (nSPS) is 27.5. The SMILES string of the molecule is O=C(c1ccco1)N1CCC2(CCCN(CCC3CCCCC3)C2=O)C1. The van der Waals surface area contributed by atoms with E-state index in [0.29, 0.717) is 18.8 Å². The molecule has 5 nitrogen and oxygen atoms in total. The molecule has 1 aromatic rings. The fraction of sp³-hybridized carbons (Fsp3) is 0.714. The first-order valence-electron chi connectivity index (χ1n) is 10.3. The van der Waals surface area contributed by atoms with Crippen LogP contribution in [-0.2, 0) is 4.79 Å². The molecule has 1 unspecified atom stereocenters. The number of hydrogen-bond donors (Lipinski definition) is 0.